The van der Waals surface area contributed by atoms with E-state index < -0.39 is 72.1 Å². The molecule has 0 fully saturated rings. The van der Waals surface area contributed by atoms with E-state index in [1.165, 1.54) is 12.1 Å². The molecule has 36 heavy (non-hydrogen) atoms. The highest BCUT2D eigenvalue weighted by Crippen LogP contribution is 2.14. The van der Waals surface area contributed by atoms with E-state index in [1.54, 1.807) is 39.8 Å². The standard InChI is InChI=1S/C24H36N4O8/c1-5-13(4)20(28-21(32)16(25)11-18(30)31)23(34)26-17(10-14-6-8-15(29)9-7-14)22(33)27-19(12(2)3)24(35)36/h6-9,12-13,16-17,19-20,29H,5,10-11,25H2,1-4H3,(H,26,34)(H,27,33)(H,28,32)(H,30,31)(H,35,36). The second-order valence-electron chi connectivity index (χ2n) is 9.08. The molecule has 0 aromatic heterocycles. The van der Waals surface area contributed by atoms with E-state index in [0.29, 0.717) is 12.0 Å². The molecular weight excluding hydrogens is 472 g/mol. The van der Waals surface area contributed by atoms with Crippen LogP contribution in [-0.2, 0) is 30.4 Å². The zero-order chi connectivity index (χ0) is 27.6. The second kappa shape index (κ2) is 14.0. The summed E-state index contributed by atoms with van der Waals surface area (Å²) in [4.78, 5) is 61.2. The van der Waals surface area contributed by atoms with Crippen molar-refractivity contribution in [3.05, 3.63) is 29.8 Å². The molecule has 3 amide bonds. The second-order valence-corrected chi connectivity index (χ2v) is 9.08. The molecule has 0 bridgehead atoms. The molecule has 200 valence electrons. The molecule has 0 saturated heterocycles. The van der Waals surface area contributed by atoms with Crippen LogP contribution in [0.2, 0.25) is 0 Å². The Morgan fingerprint density at radius 2 is 1.42 bits per heavy atom. The van der Waals surface area contributed by atoms with Gasteiger partial charge in [0.05, 0.1) is 12.5 Å². The molecule has 0 radical (unpaired) electrons. The van der Waals surface area contributed by atoms with E-state index in [1.807, 2.05) is 0 Å². The number of aromatic hydroxyl groups is 1. The van der Waals surface area contributed by atoms with Crippen molar-refractivity contribution in [1.29, 1.82) is 0 Å². The van der Waals surface area contributed by atoms with Crippen molar-refractivity contribution in [2.24, 2.45) is 17.6 Å². The molecule has 0 aliphatic rings. The Labute approximate surface area is 209 Å². The van der Waals surface area contributed by atoms with Gasteiger partial charge < -0.3 is 37.0 Å². The van der Waals surface area contributed by atoms with Crippen LogP contribution in [0.1, 0.15) is 46.1 Å². The average Bonchev–Trinajstić information content (AvgIpc) is 2.79. The molecule has 1 rings (SSSR count). The summed E-state index contributed by atoms with van der Waals surface area (Å²) >= 11 is 0. The number of rotatable bonds is 14. The van der Waals surface area contributed by atoms with E-state index in [2.05, 4.69) is 16.0 Å². The lowest BCUT2D eigenvalue weighted by Gasteiger charge is -2.28. The fraction of sp³-hybridized carbons (Fsp3) is 0.542. The highest BCUT2D eigenvalue weighted by atomic mass is 16.4. The Morgan fingerprint density at radius 3 is 1.89 bits per heavy atom. The number of nitrogens with two attached hydrogens (primary N) is 1. The van der Waals surface area contributed by atoms with Crippen molar-refractivity contribution >= 4 is 29.7 Å². The van der Waals surface area contributed by atoms with Gasteiger partial charge in [0.15, 0.2) is 0 Å². The number of aliphatic carboxylic acids is 2. The van der Waals surface area contributed by atoms with Gasteiger partial charge >= 0.3 is 11.9 Å². The minimum Gasteiger partial charge on any atom is -0.508 e. The number of nitrogens with one attached hydrogen (secondary N) is 3. The van der Waals surface area contributed by atoms with Gasteiger partial charge in [0, 0.05) is 6.42 Å². The number of carbonyl (C=O) groups is 5. The highest BCUT2D eigenvalue weighted by molar-refractivity contribution is 5.95. The molecule has 12 nitrogen and oxygen atoms in total. The van der Waals surface area contributed by atoms with Crippen LogP contribution < -0.4 is 21.7 Å². The van der Waals surface area contributed by atoms with Crippen molar-refractivity contribution in [2.45, 2.75) is 71.1 Å². The topological polar surface area (TPSA) is 208 Å². The first kappa shape index (κ1) is 30.4. The van der Waals surface area contributed by atoms with Crippen molar-refractivity contribution in [3.8, 4) is 5.75 Å². The maximum atomic E-state index is 13.2. The summed E-state index contributed by atoms with van der Waals surface area (Å²) in [6, 6.07) is 1.02. The Bertz CT molecular complexity index is 935. The molecular formula is C24H36N4O8. The van der Waals surface area contributed by atoms with Crippen molar-refractivity contribution in [2.75, 3.05) is 0 Å². The summed E-state index contributed by atoms with van der Waals surface area (Å²) in [5.74, 6) is -5.61. The van der Waals surface area contributed by atoms with Crippen molar-refractivity contribution in [3.63, 3.8) is 0 Å². The number of amides is 3. The van der Waals surface area contributed by atoms with E-state index in [4.69, 9.17) is 10.8 Å². The number of carboxylic acids is 2. The SMILES string of the molecule is CCC(C)C(NC(=O)C(N)CC(=O)O)C(=O)NC(Cc1ccc(O)cc1)C(=O)NC(C(=O)O)C(C)C. The quantitative estimate of drug-likeness (QED) is 0.180. The molecule has 1 aromatic rings. The average molecular weight is 509 g/mol. The molecule has 0 aliphatic heterocycles. The van der Waals surface area contributed by atoms with Crippen LogP contribution in [0.3, 0.4) is 0 Å². The number of phenolic OH excluding ortho intramolecular Hbond substituents is 1. The van der Waals surface area contributed by atoms with Crippen LogP contribution in [0.25, 0.3) is 0 Å². The normalized spacial score (nSPS) is 15.2. The van der Waals surface area contributed by atoms with E-state index in [-0.39, 0.29) is 12.2 Å². The molecule has 12 heteroatoms. The van der Waals surface area contributed by atoms with Gasteiger partial charge in [-0.15, -0.1) is 0 Å². The third-order valence-electron chi connectivity index (χ3n) is 5.76. The van der Waals surface area contributed by atoms with E-state index in [0.717, 1.165) is 0 Å². The lowest BCUT2D eigenvalue weighted by atomic mass is 9.96. The summed E-state index contributed by atoms with van der Waals surface area (Å²) in [5, 5.41) is 35.4. The monoisotopic (exact) mass is 508 g/mol. The predicted octanol–water partition coefficient (Wildman–Crippen LogP) is -0.0222. The summed E-state index contributed by atoms with van der Waals surface area (Å²) in [6.07, 6.45) is -0.184. The maximum absolute atomic E-state index is 13.2. The molecule has 0 heterocycles. The van der Waals surface area contributed by atoms with Gasteiger partial charge in [-0.1, -0.05) is 46.2 Å². The Hall–Kier alpha value is -3.67. The van der Waals surface area contributed by atoms with Crippen LogP contribution in [0.4, 0.5) is 0 Å². The van der Waals surface area contributed by atoms with Crippen LogP contribution in [0.15, 0.2) is 24.3 Å². The van der Waals surface area contributed by atoms with Gasteiger partial charge in [-0.05, 0) is 29.5 Å². The predicted molar refractivity (Wildman–Crippen MR) is 130 cm³/mol. The smallest absolute Gasteiger partial charge is 0.326 e. The molecule has 0 saturated carbocycles. The summed E-state index contributed by atoms with van der Waals surface area (Å²) in [5.41, 5.74) is 6.20. The minimum atomic E-state index is -1.37. The summed E-state index contributed by atoms with van der Waals surface area (Å²) < 4.78 is 0. The minimum absolute atomic E-state index is 0.00628. The fourth-order valence-corrected chi connectivity index (χ4v) is 3.35. The zero-order valence-electron chi connectivity index (χ0n) is 20.9. The van der Waals surface area contributed by atoms with Crippen LogP contribution in [-0.4, -0.2) is 69.1 Å². The van der Waals surface area contributed by atoms with Gasteiger partial charge in [-0.2, -0.15) is 0 Å². The van der Waals surface area contributed by atoms with Crippen LogP contribution >= 0.6 is 0 Å². The van der Waals surface area contributed by atoms with Gasteiger partial charge in [0.2, 0.25) is 17.7 Å². The lowest BCUT2D eigenvalue weighted by Crippen LogP contribution is -2.59. The van der Waals surface area contributed by atoms with Gasteiger partial charge in [0.1, 0.15) is 23.9 Å². The maximum Gasteiger partial charge on any atom is 0.326 e. The number of benzene rings is 1. The number of carbonyl (C=O) groups excluding carboxylic acids is 3. The Morgan fingerprint density at radius 1 is 0.861 bits per heavy atom. The molecule has 5 unspecified atom stereocenters. The van der Waals surface area contributed by atoms with Gasteiger partial charge in [0.25, 0.3) is 0 Å². The highest BCUT2D eigenvalue weighted by Gasteiger charge is 2.33. The third-order valence-corrected chi connectivity index (χ3v) is 5.76. The Kier molecular flexibility index (Phi) is 11.8. The molecule has 0 aliphatic carbocycles. The molecule has 8 N–H and O–H groups in total. The van der Waals surface area contributed by atoms with Crippen LogP contribution in [0, 0.1) is 11.8 Å². The molecule has 1 aromatic carbocycles. The van der Waals surface area contributed by atoms with Crippen molar-refractivity contribution in [1.82, 2.24) is 16.0 Å². The van der Waals surface area contributed by atoms with E-state index in [9.17, 15) is 34.2 Å². The zero-order valence-corrected chi connectivity index (χ0v) is 20.9. The first-order valence-electron chi connectivity index (χ1n) is 11.7. The summed E-state index contributed by atoms with van der Waals surface area (Å²) in [7, 11) is 0. The fourth-order valence-electron chi connectivity index (χ4n) is 3.35. The number of phenols is 1. The third kappa shape index (κ3) is 9.53. The van der Waals surface area contributed by atoms with E-state index >= 15 is 0 Å². The molecule has 5 atom stereocenters. The van der Waals surface area contributed by atoms with Crippen LogP contribution in [0.5, 0.6) is 5.75 Å². The lowest BCUT2D eigenvalue weighted by molar-refractivity contribution is -0.143. The van der Waals surface area contributed by atoms with Gasteiger partial charge in [-0.25, -0.2) is 4.79 Å². The molecule has 0 spiro atoms. The number of hydrogen-bond donors (Lipinski definition) is 7. The number of hydrogen-bond acceptors (Lipinski definition) is 7. The first-order chi connectivity index (χ1) is 16.8. The van der Waals surface area contributed by atoms with Gasteiger partial charge in [-0.3, -0.25) is 19.2 Å². The largest absolute Gasteiger partial charge is 0.508 e. The number of carboxylic acid groups (broad SMARTS) is 2. The first-order valence-corrected chi connectivity index (χ1v) is 11.7. The Balaban J connectivity index is 3.19. The summed E-state index contributed by atoms with van der Waals surface area (Å²) in [6.45, 7) is 6.74. The van der Waals surface area contributed by atoms with Crippen molar-refractivity contribution < 1.29 is 39.3 Å².